The van der Waals surface area contributed by atoms with Gasteiger partial charge < -0.3 is 14.6 Å². The van der Waals surface area contributed by atoms with E-state index in [4.69, 9.17) is 9.47 Å². The molecule has 1 heterocycles. The first kappa shape index (κ1) is 18.3. The van der Waals surface area contributed by atoms with E-state index in [-0.39, 0.29) is 22.0 Å². The SMILES string of the molecule is COc1cc(S(=O)(=O)N2CCC(C)=C(C)C2)cc(C(=O)O)c1OC. The Morgan fingerprint density at radius 3 is 2.33 bits per heavy atom. The quantitative estimate of drug-likeness (QED) is 0.814. The monoisotopic (exact) mass is 355 g/mol. The molecular weight excluding hydrogens is 334 g/mol. The highest BCUT2D eigenvalue weighted by molar-refractivity contribution is 7.89. The van der Waals surface area contributed by atoms with Crippen molar-refractivity contribution in [3.8, 4) is 11.5 Å². The van der Waals surface area contributed by atoms with Crippen LogP contribution in [0, 0.1) is 0 Å². The molecule has 0 saturated carbocycles. The van der Waals surface area contributed by atoms with Crippen LogP contribution in [0.25, 0.3) is 0 Å². The van der Waals surface area contributed by atoms with Crippen LogP contribution >= 0.6 is 0 Å². The summed E-state index contributed by atoms with van der Waals surface area (Å²) in [5.74, 6) is -1.22. The molecule has 1 aromatic rings. The van der Waals surface area contributed by atoms with Crippen LogP contribution in [-0.4, -0.2) is 51.1 Å². The summed E-state index contributed by atoms with van der Waals surface area (Å²) in [6, 6.07) is 2.40. The molecule has 2 rings (SSSR count). The minimum atomic E-state index is -3.83. The molecule has 0 amide bonds. The molecule has 0 unspecified atom stereocenters. The highest BCUT2D eigenvalue weighted by Gasteiger charge is 2.30. The maximum Gasteiger partial charge on any atom is 0.339 e. The van der Waals surface area contributed by atoms with E-state index in [9.17, 15) is 18.3 Å². The summed E-state index contributed by atoms with van der Waals surface area (Å²) in [5, 5.41) is 9.34. The molecule has 0 spiro atoms. The number of benzene rings is 1. The van der Waals surface area contributed by atoms with Gasteiger partial charge in [0.15, 0.2) is 11.5 Å². The van der Waals surface area contributed by atoms with Crippen molar-refractivity contribution in [3.05, 3.63) is 28.8 Å². The molecule has 0 aliphatic carbocycles. The van der Waals surface area contributed by atoms with Crippen molar-refractivity contribution in [2.24, 2.45) is 0 Å². The lowest BCUT2D eigenvalue weighted by Gasteiger charge is -2.28. The fraction of sp³-hybridized carbons (Fsp3) is 0.438. The molecule has 0 aromatic heterocycles. The Balaban J connectivity index is 2.55. The number of ether oxygens (including phenoxy) is 2. The molecule has 0 radical (unpaired) electrons. The average molecular weight is 355 g/mol. The number of rotatable bonds is 5. The van der Waals surface area contributed by atoms with Gasteiger partial charge in [-0.15, -0.1) is 0 Å². The van der Waals surface area contributed by atoms with E-state index in [1.54, 1.807) is 0 Å². The topological polar surface area (TPSA) is 93.1 Å². The molecule has 7 nitrogen and oxygen atoms in total. The van der Waals surface area contributed by atoms with E-state index >= 15 is 0 Å². The highest BCUT2D eigenvalue weighted by atomic mass is 32.2. The van der Waals surface area contributed by atoms with Crippen molar-refractivity contribution in [1.82, 2.24) is 4.31 Å². The Morgan fingerprint density at radius 1 is 1.17 bits per heavy atom. The number of hydrogen-bond acceptors (Lipinski definition) is 5. The van der Waals surface area contributed by atoms with E-state index in [2.05, 4.69) is 0 Å². The Labute approximate surface area is 141 Å². The Hall–Kier alpha value is -2.06. The van der Waals surface area contributed by atoms with E-state index in [1.165, 1.54) is 30.2 Å². The zero-order valence-electron chi connectivity index (χ0n) is 14.1. The Kier molecular flexibility index (Phi) is 5.19. The van der Waals surface area contributed by atoms with Gasteiger partial charge in [-0.3, -0.25) is 0 Å². The van der Waals surface area contributed by atoms with Gasteiger partial charge in [-0.25, -0.2) is 13.2 Å². The van der Waals surface area contributed by atoms with Crippen molar-refractivity contribution < 1.29 is 27.8 Å². The number of hydrogen-bond donors (Lipinski definition) is 1. The van der Waals surface area contributed by atoms with Crippen molar-refractivity contribution in [3.63, 3.8) is 0 Å². The van der Waals surface area contributed by atoms with E-state index < -0.39 is 16.0 Å². The fourth-order valence-electron chi connectivity index (χ4n) is 2.59. The predicted molar refractivity (Wildman–Crippen MR) is 88.3 cm³/mol. The van der Waals surface area contributed by atoms with Gasteiger partial charge in [-0.1, -0.05) is 11.1 Å². The summed E-state index contributed by atoms with van der Waals surface area (Å²) in [7, 11) is -1.20. The maximum atomic E-state index is 12.9. The van der Waals surface area contributed by atoms with Gasteiger partial charge in [-0.05, 0) is 26.3 Å². The molecule has 0 atom stereocenters. The average Bonchev–Trinajstić information content (AvgIpc) is 2.55. The largest absolute Gasteiger partial charge is 0.493 e. The third-order valence-corrected chi connectivity index (χ3v) is 6.02. The lowest BCUT2D eigenvalue weighted by atomic mass is 10.1. The first-order chi connectivity index (χ1) is 11.2. The lowest BCUT2D eigenvalue weighted by Crippen LogP contribution is -2.36. The molecule has 1 aromatic carbocycles. The number of carbonyl (C=O) groups is 1. The predicted octanol–water partition coefficient (Wildman–Crippen LogP) is 2.13. The van der Waals surface area contributed by atoms with Crippen molar-refractivity contribution in [2.45, 2.75) is 25.2 Å². The summed E-state index contributed by atoms with van der Waals surface area (Å²) in [5.41, 5.74) is 1.93. The number of nitrogens with zero attached hydrogens (tertiary/aromatic N) is 1. The van der Waals surface area contributed by atoms with Gasteiger partial charge >= 0.3 is 5.97 Å². The van der Waals surface area contributed by atoms with E-state index in [0.29, 0.717) is 19.5 Å². The second kappa shape index (κ2) is 6.82. The number of carboxylic acids is 1. The molecule has 0 bridgehead atoms. The second-order valence-corrected chi connectivity index (χ2v) is 7.60. The molecule has 0 fully saturated rings. The summed E-state index contributed by atoms with van der Waals surface area (Å²) >= 11 is 0. The first-order valence-electron chi connectivity index (χ1n) is 7.37. The van der Waals surface area contributed by atoms with Crippen molar-refractivity contribution >= 4 is 16.0 Å². The minimum Gasteiger partial charge on any atom is -0.493 e. The van der Waals surface area contributed by atoms with Crippen LogP contribution in [0.2, 0.25) is 0 Å². The van der Waals surface area contributed by atoms with Gasteiger partial charge in [0.1, 0.15) is 5.56 Å². The maximum absolute atomic E-state index is 12.9. The third-order valence-electron chi connectivity index (χ3n) is 4.20. The van der Waals surface area contributed by atoms with Crippen LogP contribution in [0.4, 0.5) is 0 Å². The Bertz CT molecular complexity index is 797. The summed E-state index contributed by atoms with van der Waals surface area (Å²) in [6.45, 7) is 4.54. The van der Waals surface area contributed by atoms with Crippen LogP contribution < -0.4 is 9.47 Å². The number of carboxylic acid groups (broad SMARTS) is 1. The molecule has 0 saturated heterocycles. The summed E-state index contributed by atoms with van der Waals surface area (Å²) in [4.78, 5) is 11.3. The zero-order chi connectivity index (χ0) is 18.1. The molecule has 132 valence electrons. The van der Waals surface area contributed by atoms with Crippen LogP contribution in [0.3, 0.4) is 0 Å². The first-order valence-corrected chi connectivity index (χ1v) is 8.81. The number of sulfonamides is 1. The smallest absolute Gasteiger partial charge is 0.339 e. The standard InChI is InChI=1S/C16H21NO6S/c1-10-5-6-17(9-11(10)2)24(20,21)12-7-13(16(18)19)15(23-4)14(8-12)22-3/h7-8H,5-6,9H2,1-4H3,(H,18,19). The molecule has 1 aliphatic heterocycles. The molecule has 24 heavy (non-hydrogen) atoms. The van der Waals surface area contributed by atoms with Crippen molar-refractivity contribution in [2.75, 3.05) is 27.3 Å². The normalized spacial score (nSPS) is 16.2. The van der Waals surface area contributed by atoms with Crippen molar-refractivity contribution in [1.29, 1.82) is 0 Å². The van der Waals surface area contributed by atoms with E-state index in [0.717, 1.165) is 11.6 Å². The van der Waals surface area contributed by atoms with Crippen LogP contribution in [0.1, 0.15) is 30.6 Å². The zero-order valence-corrected chi connectivity index (χ0v) is 14.9. The van der Waals surface area contributed by atoms with Crippen LogP contribution in [0.15, 0.2) is 28.2 Å². The number of aromatic carboxylic acids is 1. The second-order valence-electron chi connectivity index (χ2n) is 5.66. The lowest BCUT2D eigenvalue weighted by molar-refractivity contribution is 0.0692. The molecule has 8 heteroatoms. The summed E-state index contributed by atoms with van der Waals surface area (Å²) in [6.07, 6.45) is 0.657. The molecule has 1 aliphatic rings. The number of methoxy groups -OCH3 is 2. The third kappa shape index (κ3) is 3.25. The van der Waals surface area contributed by atoms with Gasteiger partial charge in [0, 0.05) is 19.2 Å². The van der Waals surface area contributed by atoms with Crippen LogP contribution in [0.5, 0.6) is 11.5 Å². The van der Waals surface area contributed by atoms with Gasteiger partial charge in [0.2, 0.25) is 10.0 Å². The Morgan fingerprint density at radius 2 is 1.83 bits per heavy atom. The van der Waals surface area contributed by atoms with Gasteiger partial charge in [-0.2, -0.15) is 4.31 Å². The van der Waals surface area contributed by atoms with E-state index in [1.807, 2.05) is 13.8 Å². The van der Waals surface area contributed by atoms with Crippen LogP contribution in [-0.2, 0) is 10.0 Å². The highest BCUT2D eigenvalue weighted by Crippen LogP contribution is 2.35. The summed E-state index contributed by atoms with van der Waals surface area (Å²) < 4.78 is 37.3. The van der Waals surface area contributed by atoms with Gasteiger partial charge in [0.05, 0.1) is 19.1 Å². The molecular formula is C16H21NO6S. The molecule has 1 N–H and O–H groups in total. The fourth-order valence-corrected chi connectivity index (χ4v) is 4.10. The minimum absolute atomic E-state index is 0.00508. The van der Waals surface area contributed by atoms with Gasteiger partial charge in [0.25, 0.3) is 0 Å².